The fourth-order valence-electron chi connectivity index (χ4n) is 1.55. The number of aryl methyl sites for hydroxylation is 1. The van der Waals surface area contributed by atoms with E-state index in [2.05, 4.69) is 5.32 Å². The lowest BCUT2D eigenvalue weighted by atomic mass is 10.1. The van der Waals surface area contributed by atoms with Gasteiger partial charge in [0.2, 0.25) is 5.91 Å². The molecule has 4 nitrogen and oxygen atoms in total. The van der Waals surface area contributed by atoms with E-state index in [-0.39, 0.29) is 5.91 Å². The predicted molar refractivity (Wildman–Crippen MR) is 68.0 cm³/mol. The van der Waals surface area contributed by atoms with Crippen LogP contribution in [0, 0.1) is 0 Å². The fourth-order valence-corrected chi connectivity index (χ4v) is 1.55. The zero-order valence-electron chi connectivity index (χ0n) is 10.2. The molecule has 17 heavy (non-hydrogen) atoms. The van der Waals surface area contributed by atoms with Crippen molar-refractivity contribution >= 4 is 5.91 Å². The van der Waals surface area contributed by atoms with Crippen LogP contribution in [0.5, 0.6) is 5.75 Å². The monoisotopic (exact) mass is 236 g/mol. The second kappa shape index (κ2) is 7.68. The molecule has 1 rings (SSSR count). The number of carbonyl (C=O) groups is 1. The maximum Gasteiger partial charge on any atom is 0.220 e. The van der Waals surface area contributed by atoms with E-state index >= 15 is 0 Å². The maximum absolute atomic E-state index is 11.3. The SMILES string of the molecule is COc1ccc(CCCC(=O)NCCN)cc1. The lowest BCUT2D eigenvalue weighted by Crippen LogP contribution is -2.28. The van der Waals surface area contributed by atoms with Crippen LogP contribution in [-0.4, -0.2) is 26.1 Å². The Morgan fingerprint density at radius 1 is 1.35 bits per heavy atom. The molecule has 1 amide bonds. The molecule has 0 spiro atoms. The molecule has 1 aromatic carbocycles. The van der Waals surface area contributed by atoms with Gasteiger partial charge >= 0.3 is 0 Å². The molecule has 0 aromatic heterocycles. The summed E-state index contributed by atoms with van der Waals surface area (Å²) in [5.74, 6) is 0.929. The van der Waals surface area contributed by atoms with Crippen LogP contribution in [0.25, 0.3) is 0 Å². The molecule has 0 heterocycles. The number of nitrogens with one attached hydrogen (secondary N) is 1. The lowest BCUT2D eigenvalue weighted by molar-refractivity contribution is -0.121. The van der Waals surface area contributed by atoms with Gasteiger partial charge in [-0.2, -0.15) is 0 Å². The van der Waals surface area contributed by atoms with Gasteiger partial charge in [0.15, 0.2) is 0 Å². The third kappa shape index (κ3) is 5.36. The van der Waals surface area contributed by atoms with Crippen LogP contribution in [0.3, 0.4) is 0 Å². The molecule has 1 aromatic rings. The average molecular weight is 236 g/mol. The predicted octanol–water partition coefficient (Wildman–Crippen LogP) is 1.09. The second-order valence-electron chi connectivity index (χ2n) is 3.84. The van der Waals surface area contributed by atoms with Gasteiger partial charge in [-0.3, -0.25) is 4.79 Å². The summed E-state index contributed by atoms with van der Waals surface area (Å²) in [7, 11) is 1.65. The van der Waals surface area contributed by atoms with Crippen LogP contribution in [0.15, 0.2) is 24.3 Å². The number of nitrogens with two attached hydrogens (primary N) is 1. The molecule has 0 unspecified atom stereocenters. The Balaban J connectivity index is 2.23. The van der Waals surface area contributed by atoms with Crippen molar-refractivity contribution in [2.45, 2.75) is 19.3 Å². The van der Waals surface area contributed by atoms with Crippen molar-refractivity contribution in [2.75, 3.05) is 20.2 Å². The zero-order valence-corrected chi connectivity index (χ0v) is 10.2. The minimum atomic E-state index is 0.0731. The van der Waals surface area contributed by atoms with E-state index in [1.807, 2.05) is 24.3 Å². The molecule has 0 atom stereocenters. The molecule has 0 aliphatic carbocycles. The van der Waals surface area contributed by atoms with Crippen LogP contribution >= 0.6 is 0 Å². The number of amides is 1. The second-order valence-corrected chi connectivity index (χ2v) is 3.84. The highest BCUT2D eigenvalue weighted by molar-refractivity contribution is 5.75. The molecular weight excluding hydrogens is 216 g/mol. The summed E-state index contributed by atoms with van der Waals surface area (Å²) < 4.78 is 5.08. The summed E-state index contributed by atoms with van der Waals surface area (Å²) in [5.41, 5.74) is 6.52. The quantitative estimate of drug-likeness (QED) is 0.745. The Labute approximate surface area is 102 Å². The van der Waals surface area contributed by atoms with Gasteiger partial charge in [-0.15, -0.1) is 0 Å². The Bertz CT molecular complexity index is 336. The van der Waals surface area contributed by atoms with Crippen LogP contribution in [0.4, 0.5) is 0 Å². The van der Waals surface area contributed by atoms with Gasteiger partial charge < -0.3 is 15.8 Å². The van der Waals surface area contributed by atoms with Gasteiger partial charge in [0, 0.05) is 19.5 Å². The highest BCUT2D eigenvalue weighted by Gasteiger charge is 2.00. The average Bonchev–Trinajstić information content (AvgIpc) is 2.37. The summed E-state index contributed by atoms with van der Waals surface area (Å²) >= 11 is 0. The number of hydrogen-bond donors (Lipinski definition) is 2. The molecule has 4 heteroatoms. The van der Waals surface area contributed by atoms with Gasteiger partial charge in [-0.1, -0.05) is 12.1 Å². The van der Waals surface area contributed by atoms with Crippen molar-refractivity contribution in [3.63, 3.8) is 0 Å². The highest BCUT2D eigenvalue weighted by Crippen LogP contribution is 2.12. The molecule has 0 saturated heterocycles. The van der Waals surface area contributed by atoms with Gasteiger partial charge in [-0.25, -0.2) is 0 Å². The Kier molecular flexibility index (Phi) is 6.10. The summed E-state index contributed by atoms with van der Waals surface area (Å²) in [6, 6.07) is 7.92. The summed E-state index contributed by atoms with van der Waals surface area (Å²) in [6.45, 7) is 1.05. The van der Waals surface area contributed by atoms with Crippen molar-refractivity contribution in [1.82, 2.24) is 5.32 Å². The number of methoxy groups -OCH3 is 1. The Morgan fingerprint density at radius 2 is 2.06 bits per heavy atom. The number of carbonyl (C=O) groups excluding carboxylic acids is 1. The van der Waals surface area contributed by atoms with Crippen LogP contribution in [0.2, 0.25) is 0 Å². The standard InChI is InChI=1S/C13H20N2O2/c1-17-12-7-5-11(6-8-12)3-2-4-13(16)15-10-9-14/h5-8H,2-4,9-10,14H2,1H3,(H,15,16). The van der Waals surface area contributed by atoms with Gasteiger partial charge in [0.25, 0.3) is 0 Å². The van der Waals surface area contributed by atoms with Gasteiger partial charge in [0.1, 0.15) is 5.75 Å². The van der Waals surface area contributed by atoms with Crippen molar-refractivity contribution in [2.24, 2.45) is 5.73 Å². The minimum Gasteiger partial charge on any atom is -0.497 e. The van der Waals surface area contributed by atoms with Gasteiger partial charge in [-0.05, 0) is 30.5 Å². The van der Waals surface area contributed by atoms with Crippen molar-refractivity contribution < 1.29 is 9.53 Å². The number of benzene rings is 1. The molecule has 3 N–H and O–H groups in total. The molecule has 0 saturated carbocycles. The van der Waals surface area contributed by atoms with E-state index in [0.29, 0.717) is 19.5 Å². The molecular formula is C13H20N2O2. The summed E-state index contributed by atoms with van der Waals surface area (Å²) in [5, 5.41) is 2.75. The normalized spacial score (nSPS) is 10.0. The van der Waals surface area contributed by atoms with Crippen molar-refractivity contribution in [3.05, 3.63) is 29.8 Å². The maximum atomic E-state index is 11.3. The van der Waals surface area contributed by atoms with Crippen molar-refractivity contribution in [1.29, 1.82) is 0 Å². The van der Waals surface area contributed by atoms with E-state index < -0.39 is 0 Å². The van der Waals surface area contributed by atoms with Gasteiger partial charge in [0.05, 0.1) is 7.11 Å². The zero-order chi connectivity index (χ0) is 12.5. The largest absolute Gasteiger partial charge is 0.497 e. The molecule has 0 aliphatic rings. The number of rotatable bonds is 7. The minimum absolute atomic E-state index is 0.0731. The highest BCUT2D eigenvalue weighted by atomic mass is 16.5. The Morgan fingerprint density at radius 3 is 2.65 bits per heavy atom. The smallest absolute Gasteiger partial charge is 0.220 e. The summed E-state index contributed by atoms with van der Waals surface area (Å²) in [4.78, 5) is 11.3. The third-order valence-electron chi connectivity index (χ3n) is 2.49. The lowest BCUT2D eigenvalue weighted by Gasteiger charge is -2.04. The van der Waals surface area contributed by atoms with Crippen molar-refractivity contribution in [3.8, 4) is 5.75 Å². The van der Waals surface area contributed by atoms with Crippen LogP contribution < -0.4 is 15.8 Å². The van der Waals surface area contributed by atoms with Crippen LogP contribution in [-0.2, 0) is 11.2 Å². The van der Waals surface area contributed by atoms with E-state index in [1.165, 1.54) is 5.56 Å². The van der Waals surface area contributed by atoms with E-state index in [4.69, 9.17) is 10.5 Å². The first-order chi connectivity index (χ1) is 8.26. The van der Waals surface area contributed by atoms with E-state index in [0.717, 1.165) is 18.6 Å². The fraction of sp³-hybridized carbons (Fsp3) is 0.462. The third-order valence-corrected chi connectivity index (χ3v) is 2.49. The van der Waals surface area contributed by atoms with E-state index in [1.54, 1.807) is 7.11 Å². The summed E-state index contributed by atoms with van der Waals surface area (Å²) in [6.07, 6.45) is 2.30. The number of ether oxygens (including phenoxy) is 1. The molecule has 94 valence electrons. The Hall–Kier alpha value is -1.55. The first kappa shape index (κ1) is 13.5. The molecule has 0 aliphatic heterocycles. The molecule has 0 fully saturated rings. The van der Waals surface area contributed by atoms with E-state index in [9.17, 15) is 4.79 Å². The topological polar surface area (TPSA) is 64.3 Å². The first-order valence-corrected chi connectivity index (χ1v) is 5.86. The molecule has 0 bridgehead atoms. The molecule has 0 radical (unpaired) electrons. The first-order valence-electron chi connectivity index (χ1n) is 5.86. The number of hydrogen-bond acceptors (Lipinski definition) is 3. The van der Waals surface area contributed by atoms with Crippen LogP contribution in [0.1, 0.15) is 18.4 Å².